The maximum Gasteiger partial charge on any atom is 0.237 e. The SMILES string of the molecule is CNC(=O)C1CCCCN1Cc1cc(F)ccc1CN. The topological polar surface area (TPSA) is 58.4 Å². The largest absolute Gasteiger partial charge is 0.358 e. The van der Waals surface area contributed by atoms with Crippen molar-refractivity contribution in [1.82, 2.24) is 10.2 Å². The lowest BCUT2D eigenvalue weighted by molar-refractivity contribution is -0.127. The van der Waals surface area contributed by atoms with Gasteiger partial charge in [-0.2, -0.15) is 0 Å². The van der Waals surface area contributed by atoms with Crippen molar-refractivity contribution in [3.8, 4) is 0 Å². The zero-order valence-corrected chi connectivity index (χ0v) is 11.9. The molecule has 0 aromatic heterocycles. The number of hydrogen-bond donors (Lipinski definition) is 2. The van der Waals surface area contributed by atoms with Gasteiger partial charge in [0.25, 0.3) is 0 Å². The summed E-state index contributed by atoms with van der Waals surface area (Å²) in [6, 6.07) is 4.56. The number of halogens is 1. The van der Waals surface area contributed by atoms with Crippen LogP contribution in [0.5, 0.6) is 0 Å². The molecule has 0 radical (unpaired) electrons. The fourth-order valence-electron chi connectivity index (χ4n) is 2.80. The quantitative estimate of drug-likeness (QED) is 0.875. The minimum absolute atomic E-state index is 0.0374. The van der Waals surface area contributed by atoms with Crippen molar-refractivity contribution in [3.05, 3.63) is 35.1 Å². The molecule has 0 aliphatic carbocycles. The fourth-order valence-corrected chi connectivity index (χ4v) is 2.80. The summed E-state index contributed by atoms with van der Waals surface area (Å²) in [5.74, 6) is -0.221. The molecule has 1 amide bonds. The van der Waals surface area contributed by atoms with Gasteiger partial charge in [0.1, 0.15) is 5.82 Å². The zero-order valence-electron chi connectivity index (χ0n) is 11.9. The number of hydrogen-bond acceptors (Lipinski definition) is 3. The lowest BCUT2D eigenvalue weighted by Crippen LogP contribution is -2.48. The first-order chi connectivity index (χ1) is 9.65. The Balaban J connectivity index is 2.18. The van der Waals surface area contributed by atoms with E-state index in [-0.39, 0.29) is 17.8 Å². The van der Waals surface area contributed by atoms with E-state index < -0.39 is 0 Å². The molecule has 1 atom stereocenters. The summed E-state index contributed by atoms with van der Waals surface area (Å²) in [6.45, 7) is 1.81. The van der Waals surface area contributed by atoms with E-state index in [9.17, 15) is 9.18 Å². The predicted molar refractivity (Wildman–Crippen MR) is 76.4 cm³/mol. The third kappa shape index (κ3) is 3.35. The van der Waals surface area contributed by atoms with Gasteiger partial charge in [-0.05, 0) is 42.6 Å². The third-order valence-electron chi connectivity index (χ3n) is 3.92. The van der Waals surface area contributed by atoms with E-state index in [0.29, 0.717) is 13.1 Å². The first-order valence-corrected chi connectivity index (χ1v) is 7.08. The smallest absolute Gasteiger partial charge is 0.237 e. The number of nitrogens with zero attached hydrogens (tertiary/aromatic N) is 1. The van der Waals surface area contributed by atoms with Crippen LogP contribution in [0, 0.1) is 5.82 Å². The van der Waals surface area contributed by atoms with Crippen molar-refractivity contribution in [1.29, 1.82) is 0 Å². The molecule has 2 rings (SSSR count). The number of nitrogens with one attached hydrogen (secondary N) is 1. The van der Waals surface area contributed by atoms with Crippen molar-refractivity contribution < 1.29 is 9.18 Å². The second kappa shape index (κ2) is 6.81. The Morgan fingerprint density at radius 2 is 2.25 bits per heavy atom. The lowest BCUT2D eigenvalue weighted by atomic mass is 9.99. The molecule has 1 unspecified atom stereocenters. The summed E-state index contributed by atoms with van der Waals surface area (Å²) in [5, 5.41) is 2.71. The molecule has 1 heterocycles. The number of nitrogens with two attached hydrogens (primary N) is 1. The molecule has 3 N–H and O–H groups in total. The van der Waals surface area contributed by atoms with Crippen LogP contribution in [-0.2, 0) is 17.9 Å². The fraction of sp³-hybridized carbons (Fsp3) is 0.533. The molecule has 20 heavy (non-hydrogen) atoms. The second-order valence-electron chi connectivity index (χ2n) is 5.21. The number of rotatable bonds is 4. The van der Waals surface area contributed by atoms with Crippen LogP contribution < -0.4 is 11.1 Å². The van der Waals surface area contributed by atoms with Gasteiger partial charge in [0.15, 0.2) is 0 Å². The van der Waals surface area contributed by atoms with E-state index in [1.165, 1.54) is 12.1 Å². The number of benzene rings is 1. The minimum Gasteiger partial charge on any atom is -0.358 e. The van der Waals surface area contributed by atoms with E-state index >= 15 is 0 Å². The highest BCUT2D eigenvalue weighted by atomic mass is 19.1. The van der Waals surface area contributed by atoms with Gasteiger partial charge in [0.05, 0.1) is 6.04 Å². The van der Waals surface area contributed by atoms with Crippen molar-refractivity contribution in [2.45, 2.75) is 38.4 Å². The predicted octanol–water partition coefficient (Wildman–Crippen LogP) is 1.38. The number of carbonyl (C=O) groups is 1. The number of likely N-dealkylation sites (tertiary alicyclic amines) is 1. The normalized spacial score (nSPS) is 19.9. The highest BCUT2D eigenvalue weighted by molar-refractivity contribution is 5.81. The van der Waals surface area contributed by atoms with Gasteiger partial charge in [-0.1, -0.05) is 12.5 Å². The van der Waals surface area contributed by atoms with Crippen LogP contribution >= 0.6 is 0 Å². The van der Waals surface area contributed by atoms with Gasteiger partial charge in [0, 0.05) is 20.1 Å². The molecule has 110 valence electrons. The number of amides is 1. The molecular weight excluding hydrogens is 257 g/mol. The van der Waals surface area contributed by atoms with Crippen molar-refractivity contribution in [2.24, 2.45) is 5.73 Å². The Hall–Kier alpha value is -1.46. The summed E-state index contributed by atoms with van der Waals surface area (Å²) in [4.78, 5) is 14.1. The molecule has 5 heteroatoms. The monoisotopic (exact) mass is 279 g/mol. The van der Waals surface area contributed by atoms with E-state index in [2.05, 4.69) is 10.2 Å². The van der Waals surface area contributed by atoms with E-state index in [1.807, 2.05) is 0 Å². The third-order valence-corrected chi connectivity index (χ3v) is 3.92. The first kappa shape index (κ1) is 14.9. The average molecular weight is 279 g/mol. The summed E-state index contributed by atoms with van der Waals surface area (Å²) < 4.78 is 13.4. The van der Waals surface area contributed by atoms with Gasteiger partial charge in [-0.3, -0.25) is 9.69 Å². The zero-order chi connectivity index (χ0) is 14.5. The van der Waals surface area contributed by atoms with Crippen LogP contribution in [0.3, 0.4) is 0 Å². The van der Waals surface area contributed by atoms with Crippen LogP contribution in [0.1, 0.15) is 30.4 Å². The van der Waals surface area contributed by atoms with Crippen LogP contribution in [0.15, 0.2) is 18.2 Å². The molecule has 1 aliphatic rings. The Kier molecular flexibility index (Phi) is 5.09. The Bertz CT molecular complexity index is 478. The minimum atomic E-state index is -0.259. The average Bonchev–Trinajstić information content (AvgIpc) is 2.47. The number of piperidine rings is 1. The summed E-state index contributed by atoms with van der Waals surface area (Å²) in [7, 11) is 1.66. The molecule has 0 spiro atoms. The number of carbonyl (C=O) groups excluding carboxylic acids is 1. The molecule has 1 aromatic rings. The maximum atomic E-state index is 13.4. The summed E-state index contributed by atoms with van der Waals surface area (Å²) in [6.07, 6.45) is 2.98. The Morgan fingerprint density at radius 3 is 2.95 bits per heavy atom. The molecule has 1 aromatic carbocycles. The maximum absolute atomic E-state index is 13.4. The van der Waals surface area contributed by atoms with Crippen LogP contribution in [0.25, 0.3) is 0 Å². The molecule has 4 nitrogen and oxygen atoms in total. The van der Waals surface area contributed by atoms with Gasteiger partial charge in [-0.15, -0.1) is 0 Å². The molecular formula is C15H22FN3O. The lowest BCUT2D eigenvalue weighted by Gasteiger charge is -2.34. The molecule has 1 fully saturated rings. The van der Waals surface area contributed by atoms with Crippen molar-refractivity contribution in [2.75, 3.05) is 13.6 Å². The Labute approximate surface area is 119 Å². The molecule has 1 aliphatic heterocycles. The van der Waals surface area contributed by atoms with Gasteiger partial charge in [-0.25, -0.2) is 4.39 Å². The molecule has 0 saturated carbocycles. The van der Waals surface area contributed by atoms with Crippen LogP contribution in [0.2, 0.25) is 0 Å². The molecule has 0 bridgehead atoms. The molecule has 1 saturated heterocycles. The van der Waals surface area contributed by atoms with E-state index in [0.717, 1.165) is 36.9 Å². The van der Waals surface area contributed by atoms with Crippen LogP contribution in [-0.4, -0.2) is 30.4 Å². The standard InChI is InChI=1S/C15H22FN3O/c1-18-15(20)14-4-2-3-7-19(14)10-12-8-13(16)6-5-11(12)9-17/h5-6,8,14H,2-4,7,9-10,17H2,1H3,(H,18,20). The van der Waals surface area contributed by atoms with Gasteiger partial charge in [0.2, 0.25) is 5.91 Å². The van der Waals surface area contributed by atoms with Crippen molar-refractivity contribution in [3.63, 3.8) is 0 Å². The Morgan fingerprint density at radius 1 is 1.45 bits per heavy atom. The first-order valence-electron chi connectivity index (χ1n) is 7.08. The highest BCUT2D eigenvalue weighted by Crippen LogP contribution is 2.22. The highest BCUT2D eigenvalue weighted by Gasteiger charge is 2.28. The van der Waals surface area contributed by atoms with Gasteiger partial charge >= 0.3 is 0 Å². The van der Waals surface area contributed by atoms with E-state index in [1.54, 1.807) is 13.1 Å². The number of likely N-dealkylation sites (N-methyl/N-ethyl adjacent to an activating group) is 1. The van der Waals surface area contributed by atoms with E-state index in [4.69, 9.17) is 5.73 Å². The second-order valence-corrected chi connectivity index (χ2v) is 5.21. The summed E-state index contributed by atoms with van der Waals surface area (Å²) >= 11 is 0. The van der Waals surface area contributed by atoms with Crippen LogP contribution in [0.4, 0.5) is 4.39 Å². The van der Waals surface area contributed by atoms with Crippen molar-refractivity contribution >= 4 is 5.91 Å². The summed E-state index contributed by atoms with van der Waals surface area (Å²) in [5.41, 5.74) is 7.52. The van der Waals surface area contributed by atoms with Gasteiger partial charge < -0.3 is 11.1 Å².